The minimum Gasteiger partial charge on any atom is -0.497 e. The van der Waals surface area contributed by atoms with Gasteiger partial charge in [0.15, 0.2) is 11.9 Å². The maximum atomic E-state index is 6.21. The van der Waals surface area contributed by atoms with Crippen LogP contribution in [0.2, 0.25) is 0 Å². The van der Waals surface area contributed by atoms with Gasteiger partial charge in [-0.2, -0.15) is 4.98 Å². The molecule has 0 bridgehead atoms. The molecule has 7 heteroatoms. The van der Waals surface area contributed by atoms with E-state index in [1.165, 1.54) is 11.8 Å². The van der Waals surface area contributed by atoms with E-state index in [2.05, 4.69) is 27.1 Å². The minimum atomic E-state index is -0.410. The summed E-state index contributed by atoms with van der Waals surface area (Å²) in [5, 5.41) is 12.6. The average Bonchev–Trinajstić information content (AvgIpc) is 2.88. The smallest absolute Gasteiger partial charge is 0.247 e. The van der Waals surface area contributed by atoms with Crippen molar-refractivity contribution < 1.29 is 9.47 Å². The zero-order valence-corrected chi connectivity index (χ0v) is 15.6. The SMILES string of the molecule is C=CCSc1nnc2c(n1)O[C@H](c1ccc(OC)cc1)Nc1ccccc1-2. The topological polar surface area (TPSA) is 69.2 Å². The number of thioether (sulfide) groups is 1. The Hall–Kier alpha value is -3.06. The van der Waals surface area contributed by atoms with Crippen LogP contribution in [0.4, 0.5) is 5.69 Å². The third-order valence-electron chi connectivity index (χ3n) is 4.08. The van der Waals surface area contributed by atoms with Gasteiger partial charge >= 0.3 is 0 Å². The van der Waals surface area contributed by atoms with Gasteiger partial charge in [0.25, 0.3) is 0 Å². The first-order valence-electron chi connectivity index (χ1n) is 8.43. The monoisotopic (exact) mass is 378 g/mol. The van der Waals surface area contributed by atoms with Crippen LogP contribution in [0.3, 0.4) is 0 Å². The minimum absolute atomic E-state index is 0.410. The summed E-state index contributed by atoms with van der Waals surface area (Å²) in [5.41, 5.74) is 3.40. The fourth-order valence-corrected chi connectivity index (χ4v) is 3.28. The standard InChI is InChI=1S/C20H18N4O2S/c1-3-12-27-20-22-19-17(23-24-20)15-6-4-5-7-16(15)21-18(26-19)13-8-10-14(25-2)11-9-13/h3-11,18,21H,1,12H2,2H3/t18-/m1/s1. The van der Waals surface area contributed by atoms with Crippen LogP contribution in [0.25, 0.3) is 11.3 Å². The summed E-state index contributed by atoms with van der Waals surface area (Å²) in [6.45, 7) is 3.73. The number of para-hydroxylation sites is 1. The van der Waals surface area contributed by atoms with Crippen LogP contribution >= 0.6 is 11.8 Å². The summed E-state index contributed by atoms with van der Waals surface area (Å²) in [4.78, 5) is 4.57. The number of hydrogen-bond acceptors (Lipinski definition) is 7. The van der Waals surface area contributed by atoms with Crippen molar-refractivity contribution in [1.82, 2.24) is 15.2 Å². The second-order valence-electron chi connectivity index (χ2n) is 5.81. The van der Waals surface area contributed by atoms with Crippen LogP contribution in [-0.4, -0.2) is 28.0 Å². The number of benzene rings is 2. The highest BCUT2D eigenvalue weighted by atomic mass is 32.2. The number of nitrogens with zero attached hydrogens (tertiary/aromatic N) is 3. The molecule has 1 atom stereocenters. The van der Waals surface area contributed by atoms with E-state index in [1.54, 1.807) is 13.2 Å². The zero-order valence-electron chi connectivity index (χ0n) is 14.8. The molecule has 2 heterocycles. The lowest BCUT2D eigenvalue weighted by Crippen LogP contribution is -2.17. The van der Waals surface area contributed by atoms with Crippen LogP contribution < -0.4 is 14.8 Å². The molecule has 1 N–H and O–H groups in total. The van der Waals surface area contributed by atoms with Crippen LogP contribution in [0.1, 0.15) is 11.8 Å². The lowest BCUT2D eigenvalue weighted by Gasteiger charge is -2.19. The number of aromatic nitrogens is 3. The van der Waals surface area contributed by atoms with Gasteiger partial charge in [-0.05, 0) is 30.3 Å². The van der Waals surface area contributed by atoms with Crippen LogP contribution in [-0.2, 0) is 0 Å². The summed E-state index contributed by atoms with van der Waals surface area (Å²) in [5.74, 6) is 1.95. The molecule has 0 saturated carbocycles. The summed E-state index contributed by atoms with van der Waals surface area (Å²) in [7, 11) is 1.65. The lowest BCUT2D eigenvalue weighted by molar-refractivity contribution is 0.225. The molecule has 1 aliphatic rings. The Kier molecular flexibility index (Phi) is 4.93. The maximum Gasteiger partial charge on any atom is 0.247 e. The normalized spacial score (nSPS) is 14.8. The van der Waals surface area contributed by atoms with Gasteiger partial charge < -0.3 is 14.8 Å². The number of nitrogens with one attached hydrogen (secondary N) is 1. The van der Waals surface area contributed by atoms with Crippen molar-refractivity contribution >= 4 is 17.4 Å². The van der Waals surface area contributed by atoms with Gasteiger partial charge in [0, 0.05) is 22.6 Å². The number of anilines is 1. The zero-order chi connectivity index (χ0) is 18.6. The van der Waals surface area contributed by atoms with Crippen molar-refractivity contribution in [1.29, 1.82) is 0 Å². The summed E-state index contributed by atoms with van der Waals surface area (Å²) in [6.07, 6.45) is 1.39. The van der Waals surface area contributed by atoms with Crippen LogP contribution in [0.5, 0.6) is 11.6 Å². The number of methoxy groups -OCH3 is 1. The van der Waals surface area contributed by atoms with Crippen molar-refractivity contribution in [3.63, 3.8) is 0 Å². The van der Waals surface area contributed by atoms with E-state index in [1.807, 2.05) is 48.5 Å². The van der Waals surface area contributed by atoms with Gasteiger partial charge in [-0.3, -0.25) is 0 Å². The van der Waals surface area contributed by atoms with Gasteiger partial charge in [0.2, 0.25) is 11.0 Å². The molecule has 0 amide bonds. The Morgan fingerprint density at radius 1 is 1.19 bits per heavy atom. The molecule has 2 aromatic carbocycles. The first-order valence-corrected chi connectivity index (χ1v) is 9.42. The largest absolute Gasteiger partial charge is 0.497 e. The van der Waals surface area contributed by atoms with E-state index < -0.39 is 6.23 Å². The van der Waals surface area contributed by atoms with E-state index in [0.717, 1.165) is 22.6 Å². The second kappa shape index (κ2) is 7.67. The van der Waals surface area contributed by atoms with Crippen LogP contribution in [0, 0.1) is 0 Å². The highest BCUT2D eigenvalue weighted by Gasteiger charge is 2.25. The van der Waals surface area contributed by atoms with Crippen molar-refractivity contribution in [2.45, 2.75) is 11.4 Å². The Morgan fingerprint density at radius 3 is 2.78 bits per heavy atom. The van der Waals surface area contributed by atoms with Crippen molar-refractivity contribution in [2.75, 3.05) is 18.2 Å². The van der Waals surface area contributed by atoms with E-state index in [4.69, 9.17) is 9.47 Å². The van der Waals surface area contributed by atoms with Gasteiger partial charge in [0.1, 0.15) is 5.75 Å². The van der Waals surface area contributed by atoms with E-state index in [-0.39, 0.29) is 0 Å². The van der Waals surface area contributed by atoms with Gasteiger partial charge in [-0.15, -0.1) is 16.8 Å². The first-order chi connectivity index (χ1) is 13.3. The van der Waals surface area contributed by atoms with Crippen molar-refractivity contribution in [3.8, 4) is 22.9 Å². The van der Waals surface area contributed by atoms with Crippen molar-refractivity contribution in [3.05, 3.63) is 66.7 Å². The van der Waals surface area contributed by atoms with Gasteiger partial charge in [-0.1, -0.05) is 36.0 Å². The fraction of sp³-hybridized carbons (Fsp3) is 0.150. The van der Waals surface area contributed by atoms with Gasteiger partial charge in [0.05, 0.1) is 7.11 Å². The number of hydrogen-bond donors (Lipinski definition) is 1. The second-order valence-corrected chi connectivity index (χ2v) is 6.80. The average molecular weight is 378 g/mol. The Labute approximate surface area is 161 Å². The van der Waals surface area contributed by atoms with E-state index >= 15 is 0 Å². The quantitative estimate of drug-likeness (QED) is 0.523. The third-order valence-corrected chi connectivity index (χ3v) is 4.92. The van der Waals surface area contributed by atoms with E-state index in [9.17, 15) is 0 Å². The molecule has 0 aliphatic carbocycles. The molecule has 1 aromatic heterocycles. The third kappa shape index (κ3) is 3.59. The Balaban J connectivity index is 1.76. The highest BCUT2D eigenvalue weighted by Crippen LogP contribution is 2.39. The molecule has 136 valence electrons. The highest BCUT2D eigenvalue weighted by molar-refractivity contribution is 7.99. The predicted octanol–water partition coefficient (Wildman–Crippen LogP) is 4.33. The number of ether oxygens (including phenoxy) is 2. The van der Waals surface area contributed by atoms with Crippen molar-refractivity contribution in [2.24, 2.45) is 0 Å². The Morgan fingerprint density at radius 2 is 2.00 bits per heavy atom. The molecular weight excluding hydrogens is 360 g/mol. The molecule has 27 heavy (non-hydrogen) atoms. The number of rotatable bonds is 5. The maximum absolute atomic E-state index is 6.21. The molecule has 0 spiro atoms. The summed E-state index contributed by atoms with van der Waals surface area (Å²) in [6, 6.07) is 15.6. The summed E-state index contributed by atoms with van der Waals surface area (Å²) >= 11 is 1.46. The molecule has 0 fully saturated rings. The molecule has 6 nitrogen and oxygen atoms in total. The molecule has 3 aromatic rings. The molecule has 1 aliphatic heterocycles. The number of fused-ring (bicyclic) bond motifs is 3. The molecular formula is C20H18N4O2S. The predicted molar refractivity (Wildman–Crippen MR) is 106 cm³/mol. The van der Waals surface area contributed by atoms with Gasteiger partial charge in [-0.25, -0.2) is 0 Å². The Bertz CT molecular complexity index is 962. The summed E-state index contributed by atoms with van der Waals surface area (Å²) < 4.78 is 11.5. The molecule has 0 saturated heterocycles. The lowest BCUT2D eigenvalue weighted by atomic mass is 10.1. The molecule has 0 radical (unpaired) electrons. The molecule has 0 unspecified atom stereocenters. The molecule has 4 rings (SSSR count). The first kappa shape index (κ1) is 17.4. The fourth-order valence-electron chi connectivity index (χ4n) is 2.77. The van der Waals surface area contributed by atoms with E-state index in [0.29, 0.717) is 22.5 Å². The van der Waals surface area contributed by atoms with Crippen LogP contribution in [0.15, 0.2) is 66.3 Å².